The second-order valence-corrected chi connectivity index (χ2v) is 3.55. The summed E-state index contributed by atoms with van der Waals surface area (Å²) in [6, 6.07) is 0. The molecule has 1 rings (SSSR count). The van der Waals surface area contributed by atoms with Crippen molar-refractivity contribution >= 4 is 0 Å². The Kier molecular flexibility index (Phi) is 3.50. The normalized spacial score (nSPS) is 28.3. The van der Waals surface area contributed by atoms with E-state index in [0.717, 1.165) is 0 Å². The van der Waals surface area contributed by atoms with E-state index < -0.39 is 0 Å². The summed E-state index contributed by atoms with van der Waals surface area (Å²) in [5.74, 6) is 1.43. The zero-order chi connectivity index (χ0) is 8.97. The number of allylic oxidation sites excluding steroid dienone is 2. The van der Waals surface area contributed by atoms with Crippen LogP contribution in [0.1, 0.15) is 13.8 Å². The van der Waals surface area contributed by atoms with Gasteiger partial charge in [0.15, 0.2) is 0 Å². The summed E-state index contributed by atoms with van der Waals surface area (Å²) in [6.45, 7) is 4.75. The van der Waals surface area contributed by atoms with Gasteiger partial charge in [-0.3, -0.25) is 5.26 Å². The lowest BCUT2D eigenvalue weighted by Gasteiger charge is -2.18. The summed E-state index contributed by atoms with van der Waals surface area (Å²) in [5, 5.41) is 8.23. The van der Waals surface area contributed by atoms with Crippen molar-refractivity contribution in [3.8, 4) is 0 Å². The maximum Gasteiger partial charge on any atom is 0.0916 e. The zero-order valence-corrected chi connectivity index (χ0v) is 7.60. The van der Waals surface area contributed by atoms with Crippen molar-refractivity contribution in [2.24, 2.45) is 17.8 Å². The SMILES string of the molecule is CC(C)C1C=CC(COO)C=C1. The van der Waals surface area contributed by atoms with E-state index in [9.17, 15) is 0 Å². The van der Waals surface area contributed by atoms with Crippen molar-refractivity contribution in [1.82, 2.24) is 0 Å². The molecule has 2 heteroatoms. The third-order valence-corrected chi connectivity index (χ3v) is 2.20. The minimum absolute atomic E-state index is 0.241. The molecule has 0 saturated carbocycles. The molecule has 1 aliphatic rings. The summed E-state index contributed by atoms with van der Waals surface area (Å²) >= 11 is 0. The Hall–Kier alpha value is -0.600. The predicted molar refractivity (Wildman–Crippen MR) is 48.7 cm³/mol. The van der Waals surface area contributed by atoms with Gasteiger partial charge in [0.25, 0.3) is 0 Å². The van der Waals surface area contributed by atoms with Gasteiger partial charge in [0.1, 0.15) is 0 Å². The van der Waals surface area contributed by atoms with Crippen molar-refractivity contribution < 1.29 is 10.1 Å². The molecule has 0 spiro atoms. The Labute approximate surface area is 73.5 Å². The quantitative estimate of drug-likeness (QED) is 0.398. The third-order valence-electron chi connectivity index (χ3n) is 2.20. The van der Waals surface area contributed by atoms with Gasteiger partial charge in [-0.15, -0.1) is 0 Å². The van der Waals surface area contributed by atoms with Crippen LogP contribution >= 0.6 is 0 Å². The van der Waals surface area contributed by atoms with Crippen LogP contribution in [-0.2, 0) is 4.89 Å². The molecule has 0 aromatic rings. The molecular weight excluding hydrogens is 152 g/mol. The standard InChI is InChI=1S/C10H16O2/c1-8(2)10-5-3-9(4-6-10)7-12-11/h3-6,8-11H,7H2,1-2H3. The fourth-order valence-corrected chi connectivity index (χ4v) is 1.31. The molecule has 1 N–H and O–H groups in total. The first kappa shape index (κ1) is 9.49. The molecule has 0 radical (unpaired) electrons. The molecule has 0 fully saturated rings. The second-order valence-electron chi connectivity index (χ2n) is 3.55. The summed E-state index contributed by atoms with van der Waals surface area (Å²) in [7, 11) is 0. The van der Waals surface area contributed by atoms with Crippen LogP contribution in [0.5, 0.6) is 0 Å². The minimum atomic E-state index is 0.241. The van der Waals surface area contributed by atoms with Crippen molar-refractivity contribution in [2.45, 2.75) is 13.8 Å². The van der Waals surface area contributed by atoms with Gasteiger partial charge >= 0.3 is 0 Å². The maximum atomic E-state index is 8.23. The molecule has 0 aliphatic heterocycles. The van der Waals surface area contributed by atoms with Gasteiger partial charge in [-0.2, -0.15) is 0 Å². The second kappa shape index (κ2) is 4.43. The van der Waals surface area contributed by atoms with Crippen LogP contribution in [0.3, 0.4) is 0 Å². The van der Waals surface area contributed by atoms with Crippen molar-refractivity contribution in [1.29, 1.82) is 0 Å². The van der Waals surface area contributed by atoms with Gasteiger partial charge in [0.2, 0.25) is 0 Å². The lowest BCUT2D eigenvalue weighted by molar-refractivity contribution is -0.245. The highest BCUT2D eigenvalue weighted by Gasteiger charge is 2.12. The maximum absolute atomic E-state index is 8.23. The van der Waals surface area contributed by atoms with Crippen molar-refractivity contribution in [3.05, 3.63) is 24.3 Å². The van der Waals surface area contributed by atoms with Crippen LogP contribution in [0.2, 0.25) is 0 Å². The molecule has 12 heavy (non-hydrogen) atoms. The smallest absolute Gasteiger partial charge is 0.0916 e. The molecule has 0 atom stereocenters. The Morgan fingerprint density at radius 2 is 1.83 bits per heavy atom. The summed E-state index contributed by atoms with van der Waals surface area (Å²) in [6.07, 6.45) is 8.52. The van der Waals surface area contributed by atoms with Gasteiger partial charge in [-0.05, 0) is 11.8 Å². The minimum Gasteiger partial charge on any atom is -0.252 e. The highest BCUT2D eigenvalue weighted by atomic mass is 17.1. The van der Waals surface area contributed by atoms with Gasteiger partial charge in [-0.25, -0.2) is 4.89 Å². The number of rotatable bonds is 3. The van der Waals surface area contributed by atoms with Gasteiger partial charge < -0.3 is 0 Å². The van der Waals surface area contributed by atoms with E-state index >= 15 is 0 Å². The first-order chi connectivity index (χ1) is 5.74. The largest absolute Gasteiger partial charge is 0.252 e. The molecule has 0 aromatic carbocycles. The fraction of sp³-hybridized carbons (Fsp3) is 0.600. The van der Waals surface area contributed by atoms with Crippen molar-refractivity contribution in [2.75, 3.05) is 6.61 Å². The highest BCUT2D eigenvalue weighted by molar-refractivity contribution is 5.13. The van der Waals surface area contributed by atoms with Crippen LogP contribution < -0.4 is 0 Å². The van der Waals surface area contributed by atoms with Crippen molar-refractivity contribution in [3.63, 3.8) is 0 Å². The van der Waals surface area contributed by atoms with E-state index in [2.05, 4.69) is 43.0 Å². The molecule has 0 amide bonds. The van der Waals surface area contributed by atoms with Gasteiger partial charge in [0.05, 0.1) is 6.61 Å². The molecule has 0 saturated heterocycles. The van der Waals surface area contributed by atoms with E-state index in [-0.39, 0.29) is 5.92 Å². The first-order valence-electron chi connectivity index (χ1n) is 4.37. The van der Waals surface area contributed by atoms with Crippen LogP contribution in [0, 0.1) is 17.8 Å². The summed E-state index contributed by atoms with van der Waals surface area (Å²) in [5.41, 5.74) is 0. The highest BCUT2D eigenvalue weighted by Crippen LogP contribution is 2.20. The first-order valence-corrected chi connectivity index (χ1v) is 4.37. The van der Waals surface area contributed by atoms with E-state index in [1.807, 2.05) is 0 Å². The van der Waals surface area contributed by atoms with Gasteiger partial charge in [-0.1, -0.05) is 38.2 Å². The Bertz CT molecular complexity index is 168. The van der Waals surface area contributed by atoms with Crippen LogP contribution in [-0.4, -0.2) is 11.9 Å². The van der Waals surface area contributed by atoms with E-state index in [1.54, 1.807) is 0 Å². The molecule has 0 heterocycles. The topological polar surface area (TPSA) is 29.5 Å². The molecule has 0 bridgehead atoms. The van der Waals surface area contributed by atoms with E-state index in [0.29, 0.717) is 18.4 Å². The fourth-order valence-electron chi connectivity index (χ4n) is 1.31. The monoisotopic (exact) mass is 168 g/mol. The lowest BCUT2D eigenvalue weighted by atomic mass is 9.89. The summed E-state index contributed by atoms with van der Waals surface area (Å²) in [4.78, 5) is 4.07. The molecule has 2 nitrogen and oxygen atoms in total. The van der Waals surface area contributed by atoms with E-state index in [1.165, 1.54) is 0 Å². The molecule has 0 unspecified atom stereocenters. The summed E-state index contributed by atoms with van der Waals surface area (Å²) < 4.78 is 0. The predicted octanol–water partition coefficient (Wildman–Crippen LogP) is 2.49. The number of hydrogen-bond donors (Lipinski definition) is 1. The van der Waals surface area contributed by atoms with Crippen LogP contribution in [0.15, 0.2) is 24.3 Å². The Balaban J connectivity index is 2.43. The molecule has 0 aromatic heterocycles. The van der Waals surface area contributed by atoms with Gasteiger partial charge in [0, 0.05) is 5.92 Å². The third kappa shape index (κ3) is 2.47. The zero-order valence-electron chi connectivity index (χ0n) is 7.60. The lowest BCUT2D eigenvalue weighted by Crippen LogP contribution is -2.10. The molecular formula is C10H16O2. The average Bonchev–Trinajstić information content (AvgIpc) is 2.06. The van der Waals surface area contributed by atoms with E-state index in [4.69, 9.17) is 5.26 Å². The molecule has 1 aliphatic carbocycles. The number of hydrogen-bond acceptors (Lipinski definition) is 2. The van der Waals surface area contributed by atoms with Crippen LogP contribution in [0.25, 0.3) is 0 Å². The average molecular weight is 168 g/mol. The Morgan fingerprint density at radius 3 is 2.25 bits per heavy atom. The molecule has 68 valence electrons. The van der Waals surface area contributed by atoms with Crippen LogP contribution in [0.4, 0.5) is 0 Å². The Morgan fingerprint density at radius 1 is 1.25 bits per heavy atom.